The van der Waals surface area contributed by atoms with Gasteiger partial charge in [-0.3, -0.25) is 0 Å². The van der Waals surface area contributed by atoms with E-state index in [0.717, 1.165) is 0 Å². The molecule has 0 atom stereocenters. The molecular weight excluding hydrogens is 138 g/mol. The summed E-state index contributed by atoms with van der Waals surface area (Å²) >= 11 is 0. The first-order chi connectivity index (χ1) is 4.49. The van der Waals surface area contributed by atoms with Gasteiger partial charge in [-0.15, -0.1) is 0 Å². The first kappa shape index (κ1) is 10.2. The molecule has 62 valence electrons. The van der Waals surface area contributed by atoms with E-state index in [1.807, 2.05) is 0 Å². The van der Waals surface area contributed by atoms with E-state index in [1.165, 1.54) is 12.1 Å². The lowest BCUT2D eigenvalue weighted by Crippen LogP contribution is -2.45. The SMILES string of the molecule is CC[SiH](CC)NC(C)(C)C. The Labute approximate surface area is 66.9 Å². The van der Waals surface area contributed by atoms with E-state index in [0.29, 0.717) is 5.54 Å². The largest absolute Gasteiger partial charge is 0.335 e. The van der Waals surface area contributed by atoms with Gasteiger partial charge in [0, 0.05) is 5.54 Å². The van der Waals surface area contributed by atoms with Gasteiger partial charge < -0.3 is 4.98 Å². The van der Waals surface area contributed by atoms with Crippen molar-refractivity contribution < 1.29 is 0 Å². The van der Waals surface area contributed by atoms with Crippen LogP contribution < -0.4 is 4.98 Å². The molecule has 0 saturated carbocycles. The number of hydrogen-bond donors (Lipinski definition) is 1. The molecule has 0 aliphatic heterocycles. The summed E-state index contributed by atoms with van der Waals surface area (Å²) in [6.45, 7) is 11.3. The van der Waals surface area contributed by atoms with Crippen molar-refractivity contribution in [3.63, 3.8) is 0 Å². The van der Waals surface area contributed by atoms with Crippen molar-refractivity contribution in [3.8, 4) is 0 Å². The van der Waals surface area contributed by atoms with Gasteiger partial charge >= 0.3 is 0 Å². The quantitative estimate of drug-likeness (QED) is 0.622. The third-order valence-corrected chi connectivity index (χ3v) is 4.87. The molecule has 1 nitrogen and oxygen atoms in total. The second-order valence-electron chi connectivity index (χ2n) is 3.91. The van der Waals surface area contributed by atoms with Crippen LogP contribution in [0, 0.1) is 0 Å². The monoisotopic (exact) mass is 159 g/mol. The molecule has 0 spiro atoms. The molecule has 0 saturated heterocycles. The van der Waals surface area contributed by atoms with Gasteiger partial charge in [0.25, 0.3) is 0 Å². The minimum absolute atomic E-state index is 0.336. The summed E-state index contributed by atoms with van der Waals surface area (Å²) in [7, 11) is -0.567. The highest BCUT2D eigenvalue weighted by atomic mass is 28.3. The first-order valence-electron chi connectivity index (χ1n) is 4.27. The first-order valence-corrected chi connectivity index (χ1v) is 6.48. The summed E-state index contributed by atoms with van der Waals surface area (Å²) in [6.07, 6.45) is 0. The number of hydrogen-bond acceptors (Lipinski definition) is 1. The van der Waals surface area contributed by atoms with Crippen LogP contribution in [0.1, 0.15) is 34.6 Å². The maximum absolute atomic E-state index is 3.69. The van der Waals surface area contributed by atoms with E-state index >= 15 is 0 Å². The van der Waals surface area contributed by atoms with E-state index < -0.39 is 8.96 Å². The Morgan fingerprint density at radius 1 is 1.10 bits per heavy atom. The van der Waals surface area contributed by atoms with Crippen molar-refractivity contribution >= 4 is 8.96 Å². The maximum atomic E-state index is 3.69. The van der Waals surface area contributed by atoms with E-state index in [1.54, 1.807) is 0 Å². The maximum Gasteiger partial charge on any atom is 0.108 e. The summed E-state index contributed by atoms with van der Waals surface area (Å²) in [5.41, 5.74) is 0.336. The van der Waals surface area contributed by atoms with Gasteiger partial charge in [0.2, 0.25) is 0 Å². The number of nitrogens with one attached hydrogen (secondary N) is 1. The zero-order chi connectivity index (χ0) is 8.20. The van der Waals surface area contributed by atoms with E-state index in [2.05, 4.69) is 39.6 Å². The van der Waals surface area contributed by atoms with Gasteiger partial charge in [0.1, 0.15) is 8.96 Å². The second-order valence-corrected chi connectivity index (χ2v) is 7.22. The average Bonchev–Trinajstić information content (AvgIpc) is 1.81. The van der Waals surface area contributed by atoms with Gasteiger partial charge in [-0.25, -0.2) is 0 Å². The Kier molecular flexibility index (Phi) is 4.21. The van der Waals surface area contributed by atoms with Crippen LogP contribution in [0.5, 0.6) is 0 Å². The van der Waals surface area contributed by atoms with Crippen LogP contribution in [0.2, 0.25) is 12.1 Å². The predicted molar refractivity (Wildman–Crippen MR) is 51.0 cm³/mol. The lowest BCUT2D eigenvalue weighted by Gasteiger charge is -2.26. The molecular formula is C8H21NSi. The Bertz CT molecular complexity index is 81.7. The Morgan fingerprint density at radius 3 is 1.60 bits per heavy atom. The van der Waals surface area contributed by atoms with Crippen molar-refractivity contribution in [3.05, 3.63) is 0 Å². The molecule has 0 unspecified atom stereocenters. The Balaban J connectivity index is 3.63. The molecule has 0 aromatic rings. The second kappa shape index (κ2) is 4.14. The third kappa shape index (κ3) is 5.00. The minimum atomic E-state index is -0.567. The standard InChI is InChI=1S/C8H21NSi/c1-6-10(7-2)9-8(3,4)5/h9-10H,6-7H2,1-5H3. The lowest BCUT2D eigenvalue weighted by atomic mass is 10.1. The van der Waals surface area contributed by atoms with Crippen LogP contribution in [0.3, 0.4) is 0 Å². The average molecular weight is 159 g/mol. The molecule has 0 amide bonds. The molecule has 0 aliphatic carbocycles. The molecule has 0 heterocycles. The van der Waals surface area contributed by atoms with Gasteiger partial charge in [-0.05, 0) is 32.9 Å². The van der Waals surface area contributed by atoms with E-state index in [9.17, 15) is 0 Å². The van der Waals surface area contributed by atoms with Crippen LogP contribution in [0.25, 0.3) is 0 Å². The van der Waals surface area contributed by atoms with Crippen molar-refractivity contribution in [1.29, 1.82) is 0 Å². The Hall–Kier alpha value is 0.177. The summed E-state index contributed by atoms with van der Waals surface area (Å²) in [4.78, 5) is 3.69. The Morgan fingerprint density at radius 2 is 1.50 bits per heavy atom. The summed E-state index contributed by atoms with van der Waals surface area (Å²) < 4.78 is 0. The van der Waals surface area contributed by atoms with E-state index in [4.69, 9.17) is 0 Å². The molecule has 0 bridgehead atoms. The smallest absolute Gasteiger partial charge is 0.108 e. The van der Waals surface area contributed by atoms with Crippen LogP contribution in [0.4, 0.5) is 0 Å². The highest BCUT2D eigenvalue weighted by molar-refractivity contribution is 6.56. The molecule has 2 heteroatoms. The van der Waals surface area contributed by atoms with E-state index in [-0.39, 0.29) is 0 Å². The minimum Gasteiger partial charge on any atom is -0.335 e. The summed E-state index contributed by atoms with van der Waals surface area (Å²) in [5.74, 6) is 0. The molecule has 10 heavy (non-hydrogen) atoms. The fraction of sp³-hybridized carbons (Fsp3) is 1.00. The molecule has 0 aromatic carbocycles. The van der Waals surface area contributed by atoms with Crippen LogP contribution in [-0.4, -0.2) is 14.5 Å². The normalized spacial score (nSPS) is 12.6. The summed E-state index contributed by atoms with van der Waals surface area (Å²) in [6, 6.07) is 2.74. The molecule has 0 rings (SSSR count). The van der Waals surface area contributed by atoms with Crippen LogP contribution >= 0.6 is 0 Å². The zero-order valence-corrected chi connectivity index (χ0v) is 9.15. The van der Waals surface area contributed by atoms with Crippen molar-refractivity contribution in [2.45, 2.75) is 52.2 Å². The molecule has 0 aliphatic rings. The highest BCUT2D eigenvalue weighted by Gasteiger charge is 2.14. The predicted octanol–water partition coefficient (Wildman–Crippen LogP) is 2.14. The fourth-order valence-corrected chi connectivity index (χ4v) is 3.32. The van der Waals surface area contributed by atoms with Crippen molar-refractivity contribution in [1.82, 2.24) is 4.98 Å². The van der Waals surface area contributed by atoms with Crippen molar-refractivity contribution in [2.24, 2.45) is 0 Å². The van der Waals surface area contributed by atoms with Gasteiger partial charge in [-0.2, -0.15) is 0 Å². The zero-order valence-electron chi connectivity index (χ0n) is 7.99. The third-order valence-electron chi connectivity index (χ3n) is 1.62. The van der Waals surface area contributed by atoms with Gasteiger partial charge in [-0.1, -0.05) is 13.8 Å². The van der Waals surface area contributed by atoms with Crippen molar-refractivity contribution in [2.75, 3.05) is 0 Å². The molecule has 1 N–H and O–H groups in total. The van der Waals surface area contributed by atoms with Crippen LogP contribution in [-0.2, 0) is 0 Å². The number of rotatable bonds is 3. The van der Waals surface area contributed by atoms with Gasteiger partial charge in [0.05, 0.1) is 0 Å². The summed E-state index contributed by atoms with van der Waals surface area (Å²) in [5, 5.41) is 0. The fourth-order valence-electron chi connectivity index (χ4n) is 1.11. The highest BCUT2D eigenvalue weighted by Crippen LogP contribution is 2.03. The van der Waals surface area contributed by atoms with Gasteiger partial charge in [0.15, 0.2) is 0 Å². The topological polar surface area (TPSA) is 12.0 Å². The molecule has 0 aromatic heterocycles. The van der Waals surface area contributed by atoms with Crippen LogP contribution in [0.15, 0.2) is 0 Å². The molecule has 0 fully saturated rings. The lowest BCUT2D eigenvalue weighted by molar-refractivity contribution is 0.516. The molecule has 0 radical (unpaired) electrons.